The van der Waals surface area contributed by atoms with Crippen LogP contribution in [0.15, 0.2) is 56.7 Å². The highest BCUT2D eigenvalue weighted by Crippen LogP contribution is 2.26. The number of carbonyl (C=O) groups is 1. The summed E-state index contributed by atoms with van der Waals surface area (Å²) in [5.74, 6) is 0.738. The molecule has 0 aliphatic rings. The van der Waals surface area contributed by atoms with Crippen molar-refractivity contribution in [3.05, 3.63) is 52.5 Å². The van der Waals surface area contributed by atoms with Gasteiger partial charge in [0.25, 0.3) is 5.91 Å². The predicted molar refractivity (Wildman–Crippen MR) is 114 cm³/mol. The topological polar surface area (TPSA) is 133 Å². The molecule has 10 nitrogen and oxygen atoms in total. The predicted octanol–water partition coefficient (Wildman–Crippen LogP) is 2.59. The van der Waals surface area contributed by atoms with E-state index in [0.29, 0.717) is 22.7 Å². The minimum atomic E-state index is -0.361. The Morgan fingerprint density at radius 3 is 2.93 bits per heavy atom. The first-order valence-electron chi connectivity index (χ1n) is 8.76. The monoisotopic (exact) mass is 469 g/mol. The summed E-state index contributed by atoms with van der Waals surface area (Å²) in [6.45, 7) is -0.0604. The largest absolute Gasteiger partial charge is 0.496 e. The first kappa shape index (κ1) is 19.6. The number of carbonyl (C=O) groups excluding carboxylic acids is 1. The molecule has 0 unspecified atom stereocenters. The number of aromatic nitrogens is 4. The highest BCUT2D eigenvalue weighted by atomic mass is 79.9. The number of ether oxygens (including phenoxy) is 1. The van der Waals surface area contributed by atoms with E-state index in [4.69, 9.17) is 10.5 Å². The molecule has 2 aromatic heterocycles. The Bertz CT molecular complexity index is 1250. The van der Waals surface area contributed by atoms with E-state index in [2.05, 4.69) is 46.4 Å². The molecule has 0 saturated carbocycles. The van der Waals surface area contributed by atoms with E-state index in [9.17, 15) is 4.79 Å². The molecule has 0 aliphatic heterocycles. The van der Waals surface area contributed by atoms with E-state index in [1.807, 2.05) is 36.4 Å². The van der Waals surface area contributed by atoms with Crippen molar-refractivity contribution < 1.29 is 14.2 Å². The van der Waals surface area contributed by atoms with Crippen LogP contribution in [0.3, 0.4) is 0 Å². The average Bonchev–Trinajstić information content (AvgIpc) is 3.31. The van der Waals surface area contributed by atoms with Gasteiger partial charge in [0.2, 0.25) is 0 Å². The molecule has 0 aliphatic carbocycles. The second kappa shape index (κ2) is 8.33. The summed E-state index contributed by atoms with van der Waals surface area (Å²) in [4.78, 5) is 17.1. The molecule has 0 spiro atoms. The zero-order valence-corrected chi connectivity index (χ0v) is 17.3. The molecule has 0 radical (unpaired) electrons. The lowest BCUT2D eigenvalue weighted by Crippen LogP contribution is -2.23. The zero-order chi connectivity index (χ0) is 21.1. The third kappa shape index (κ3) is 3.87. The van der Waals surface area contributed by atoms with Crippen LogP contribution in [0.5, 0.6) is 5.75 Å². The van der Waals surface area contributed by atoms with Crippen LogP contribution in [-0.2, 0) is 11.3 Å². The SMILES string of the molecule is COc1ccc(Br)cc1/C=N\NC(=O)Cn1c(-c2nonc2N)nc2ccccc21. The van der Waals surface area contributed by atoms with Gasteiger partial charge in [-0.1, -0.05) is 28.1 Å². The summed E-state index contributed by atoms with van der Waals surface area (Å²) in [6.07, 6.45) is 1.51. The molecule has 11 heteroatoms. The molecular weight excluding hydrogens is 454 g/mol. The molecule has 152 valence electrons. The number of hydrazone groups is 1. The zero-order valence-electron chi connectivity index (χ0n) is 15.7. The third-order valence-electron chi connectivity index (χ3n) is 4.27. The van der Waals surface area contributed by atoms with Crippen molar-refractivity contribution in [2.75, 3.05) is 12.8 Å². The van der Waals surface area contributed by atoms with E-state index < -0.39 is 0 Å². The molecule has 0 saturated heterocycles. The van der Waals surface area contributed by atoms with Gasteiger partial charge in [0, 0.05) is 10.0 Å². The lowest BCUT2D eigenvalue weighted by molar-refractivity contribution is -0.121. The number of hydrogen-bond acceptors (Lipinski definition) is 8. The summed E-state index contributed by atoms with van der Waals surface area (Å²) in [5, 5.41) is 11.4. The number of para-hydroxylation sites is 2. The fourth-order valence-electron chi connectivity index (χ4n) is 2.93. The standard InChI is InChI=1S/C19H16BrN7O3/c1-29-15-7-6-12(20)8-11(15)9-22-24-16(28)10-27-14-5-3-2-4-13(14)23-19(27)17-18(21)26-30-25-17/h2-9H,10H2,1H3,(H2,21,26)(H,24,28)/b22-9-. The van der Waals surface area contributed by atoms with Crippen molar-refractivity contribution in [2.24, 2.45) is 5.10 Å². The molecule has 0 atom stereocenters. The Morgan fingerprint density at radius 2 is 2.17 bits per heavy atom. The van der Waals surface area contributed by atoms with Crippen LogP contribution in [0.25, 0.3) is 22.6 Å². The highest BCUT2D eigenvalue weighted by Gasteiger charge is 2.20. The first-order valence-corrected chi connectivity index (χ1v) is 9.55. The minimum absolute atomic E-state index is 0.0604. The number of benzene rings is 2. The number of methoxy groups -OCH3 is 1. The maximum atomic E-state index is 12.6. The molecule has 2 heterocycles. The average molecular weight is 470 g/mol. The third-order valence-corrected chi connectivity index (χ3v) is 4.76. The number of nitrogens with zero attached hydrogens (tertiary/aromatic N) is 5. The van der Waals surface area contributed by atoms with Gasteiger partial charge in [0.05, 0.1) is 24.4 Å². The van der Waals surface area contributed by atoms with Crippen molar-refractivity contribution in [1.82, 2.24) is 25.3 Å². The molecular formula is C19H16BrN7O3. The van der Waals surface area contributed by atoms with Crippen molar-refractivity contribution in [3.8, 4) is 17.3 Å². The lowest BCUT2D eigenvalue weighted by Gasteiger charge is -2.07. The van der Waals surface area contributed by atoms with Crippen molar-refractivity contribution >= 4 is 44.9 Å². The lowest BCUT2D eigenvalue weighted by atomic mass is 10.2. The molecule has 0 fully saturated rings. The van der Waals surface area contributed by atoms with Crippen molar-refractivity contribution in [3.63, 3.8) is 0 Å². The van der Waals surface area contributed by atoms with Crippen LogP contribution in [-0.4, -0.2) is 39.1 Å². The second-order valence-corrected chi connectivity index (χ2v) is 7.10. The fourth-order valence-corrected chi connectivity index (χ4v) is 3.30. The van der Waals surface area contributed by atoms with Gasteiger partial charge in [-0.15, -0.1) is 0 Å². The quantitative estimate of drug-likeness (QED) is 0.327. The van der Waals surface area contributed by atoms with Gasteiger partial charge < -0.3 is 15.0 Å². The Balaban J connectivity index is 1.58. The van der Waals surface area contributed by atoms with Gasteiger partial charge in [0.1, 0.15) is 12.3 Å². The summed E-state index contributed by atoms with van der Waals surface area (Å²) in [7, 11) is 1.56. The Labute approximate surface area is 178 Å². The van der Waals surface area contributed by atoms with Gasteiger partial charge in [-0.2, -0.15) is 5.10 Å². The van der Waals surface area contributed by atoms with Crippen LogP contribution in [0.2, 0.25) is 0 Å². The number of hydrogen-bond donors (Lipinski definition) is 2. The van der Waals surface area contributed by atoms with Crippen LogP contribution < -0.4 is 15.9 Å². The molecule has 0 bridgehead atoms. The fraction of sp³-hybridized carbons (Fsp3) is 0.105. The molecule has 2 aromatic carbocycles. The normalized spacial score (nSPS) is 11.3. The molecule has 30 heavy (non-hydrogen) atoms. The number of nitrogens with one attached hydrogen (secondary N) is 1. The first-order chi connectivity index (χ1) is 14.6. The van der Waals surface area contributed by atoms with Gasteiger partial charge in [-0.05, 0) is 40.6 Å². The Morgan fingerprint density at radius 1 is 1.33 bits per heavy atom. The van der Waals surface area contributed by atoms with E-state index in [1.54, 1.807) is 17.7 Å². The van der Waals surface area contributed by atoms with E-state index in [1.165, 1.54) is 6.21 Å². The summed E-state index contributed by atoms with van der Waals surface area (Å²) < 4.78 is 12.5. The number of imidazole rings is 1. The van der Waals surface area contributed by atoms with Crippen LogP contribution in [0.1, 0.15) is 5.56 Å². The smallest absolute Gasteiger partial charge is 0.260 e. The number of anilines is 1. The number of nitrogen functional groups attached to an aromatic ring is 1. The number of amides is 1. The van der Waals surface area contributed by atoms with E-state index in [0.717, 1.165) is 9.99 Å². The van der Waals surface area contributed by atoms with Crippen LogP contribution >= 0.6 is 15.9 Å². The number of halogens is 1. The van der Waals surface area contributed by atoms with E-state index >= 15 is 0 Å². The maximum absolute atomic E-state index is 12.6. The molecule has 1 amide bonds. The van der Waals surface area contributed by atoms with Crippen LogP contribution in [0, 0.1) is 0 Å². The Hall–Kier alpha value is -3.73. The van der Waals surface area contributed by atoms with Gasteiger partial charge in [0.15, 0.2) is 17.3 Å². The number of rotatable bonds is 6. The molecule has 4 rings (SSSR count). The van der Waals surface area contributed by atoms with Crippen molar-refractivity contribution in [2.45, 2.75) is 6.54 Å². The van der Waals surface area contributed by atoms with Gasteiger partial charge in [-0.25, -0.2) is 15.0 Å². The van der Waals surface area contributed by atoms with E-state index in [-0.39, 0.29) is 24.0 Å². The van der Waals surface area contributed by atoms with Crippen molar-refractivity contribution in [1.29, 1.82) is 0 Å². The summed E-state index contributed by atoms with van der Waals surface area (Å²) >= 11 is 3.40. The number of nitrogens with two attached hydrogens (primary N) is 1. The van der Waals surface area contributed by atoms with Gasteiger partial charge >= 0.3 is 0 Å². The summed E-state index contributed by atoms with van der Waals surface area (Å²) in [5.41, 5.74) is 10.7. The van der Waals surface area contributed by atoms with Gasteiger partial charge in [-0.3, -0.25) is 4.79 Å². The summed E-state index contributed by atoms with van der Waals surface area (Å²) in [6, 6.07) is 12.9. The molecule has 3 N–H and O–H groups in total. The van der Waals surface area contributed by atoms with Crippen LogP contribution in [0.4, 0.5) is 5.82 Å². The highest BCUT2D eigenvalue weighted by molar-refractivity contribution is 9.10. The number of fused-ring (bicyclic) bond motifs is 1. The minimum Gasteiger partial charge on any atom is -0.496 e. The Kier molecular flexibility index (Phi) is 5.44. The maximum Gasteiger partial charge on any atom is 0.260 e. The second-order valence-electron chi connectivity index (χ2n) is 6.19. The molecule has 4 aromatic rings.